The normalized spacial score (nSPS) is 45.5. The number of aliphatic hydroxyl groups excluding tert-OH is 1. The Morgan fingerprint density at radius 3 is 2.71 bits per heavy atom. The van der Waals surface area contributed by atoms with Crippen molar-refractivity contribution in [3.63, 3.8) is 0 Å². The second-order valence-electron chi connectivity index (χ2n) is 8.49. The third kappa shape index (κ3) is 2.21. The lowest BCUT2D eigenvalue weighted by atomic mass is 9.44. The molecule has 0 heterocycles. The average molecular weight is 330 g/mol. The summed E-state index contributed by atoms with van der Waals surface area (Å²) in [4.78, 5) is 13.3. The van der Waals surface area contributed by atoms with Crippen LogP contribution in [0.5, 0.6) is 0 Å². The lowest BCUT2D eigenvalue weighted by Crippen LogP contribution is -2.63. The van der Waals surface area contributed by atoms with Gasteiger partial charge in [0.2, 0.25) is 0 Å². The van der Waals surface area contributed by atoms with Gasteiger partial charge in [-0.2, -0.15) is 0 Å². The summed E-state index contributed by atoms with van der Waals surface area (Å²) in [5, 5.41) is 21.3. The fraction of sp³-hybridized carbons (Fsp3) is 0.667. The second-order valence-corrected chi connectivity index (χ2v) is 8.49. The Bertz CT molecular complexity index is 656. The van der Waals surface area contributed by atoms with Crippen LogP contribution in [0.2, 0.25) is 0 Å². The molecule has 1 saturated carbocycles. The van der Waals surface area contributed by atoms with Gasteiger partial charge in [0.1, 0.15) is 0 Å². The molecule has 132 valence electrons. The van der Waals surface area contributed by atoms with Crippen LogP contribution in [0.1, 0.15) is 47.5 Å². The fourth-order valence-electron chi connectivity index (χ4n) is 6.20. The lowest BCUT2D eigenvalue weighted by Gasteiger charge is -2.60. The number of aliphatic hydroxyl groups is 2. The molecule has 0 aromatic heterocycles. The van der Waals surface area contributed by atoms with Gasteiger partial charge in [0.15, 0.2) is 5.78 Å². The zero-order chi connectivity index (χ0) is 17.9. The second kappa shape index (κ2) is 5.67. The SMILES string of the molecule is CC=C(C)C1C(C)=CC2CC(C)CC3(O)C=C(CO)C(=O)C1(C)C23. The summed E-state index contributed by atoms with van der Waals surface area (Å²) in [5.74, 6) is 0.496. The first-order valence-corrected chi connectivity index (χ1v) is 9.10. The quantitative estimate of drug-likeness (QED) is 0.763. The Kier molecular flexibility index (Phi) is 4.17. The number of allylic oxidation sites excluding steroid dienone is 4. The summed E-state index contributed by atoms with van der Waals surface area (Å²) < 4.78 is 0. The van der Waals surface area contributed by atoms with Crippen molar-refractivity contribution in [3.05, 3.63) is 34.9 Å². The van der Waals surface area contributed by atoms with Gasteiger partial charge in [-0.15, -0.1) is 0 Å². The molecule has 24 heavy (non-hydrogen) atoms. The van der Waals surface area contributed by atoms with Gasteiger partial charge in [-0.1, -0.05) is 37.1 Å². The summed E-state index contributed by atoms with van der Waals surface area (Å²) in [7, 11) is 0. The maximum atomic E-state index is 13.3. The van der Waals surface area contributed by atoms with Gasteiger partial charge < -0.3 is 10.2 Å². The summed E-state index contributed by atoms with van der Waals surface area (Å²) in [6.07, 6.45) is 7.73. The molecular weight excluding hydrogens is 300 g/mol. The molecule has 1 fully saturated rings. The number of carbonyl (C=O) groups excluding carboxylic acids is 1. The van der Waals surface area contributed by atoms with E-state index in [1.807, 2.05) is 13.8 Å². The first kappa shape index (κ1) is 17.6. The number of hydrogen-bond donors (Lipinski definition) is 2. The Morgan fingerprint density at radius 2 is 2.12 bits per heavy atom. The van der Waals surface area contributed by atoms with E-state index in [1.54, 1.807) is 6.08 Å². The molecule has 3 rings (SSSR count). The van der Waals surface area contributed by atoms with Crippen molar-refractivity contribution < 1.29 is 15.0 Å². The van der Waals surface area contributed by atoms with Gasteiger partial charge in [-0.3, -0.25) is 4.79 Å². The highest BCUT2D eigenvalue weighted by Crippen LogP contribution is 2.62. The van der Waals surface area contributed by atoms with Crippen molar-refractivity contribution in [1.29, 1.82) is 0 Å². The Hall–Kier alpha value is -1.19. The largest absolute Gasteiger partial charge is 0.392 e. The van der Waals surface area contributed by atoms with Crippen LogP contribution in [0.4, 0.5) is 0 Å². The molecule has 0 saturated heterocycles. The molecule has 0 radical (unpaired) electrons. The molecule has 0 aliphatic heterocycles. The van der Waals surface area contributed by atoms with Gasteiger partial charge in [0.25, 0.3) is 0 Å². The minimum absolute atomic E-state index is 0.00793. The number of ketones is 1. The van der Waals surface area contributed by atoms with Crippen LogP contribution >= 0.6 is 0 Å². The van der Waals surface area contributed by atoms with Crippen LogP contribution in [0.25, 0.3) is 0 Å². The Balaban J connectivity index is 2.28. The molecule has 0 bridgehead atoms. The predicted molar refractivity (Wildman–Crippen MR) is 95.3 cm³/mol. The smallest absolute Gasteiger partial charge is 0.168 e. The third-order valence-electron chi connectivity index (χ3n) is 6.78. The maximum absolute atomic E-state index is 13.3. The highest BCUT2D eigenvalue weighted by Gasteiger charge is 2.63. The van der Waals surface area contributed by atoms with Gasteiger partial charge in [-0.25, -0.2) is 0 Å². The summed E-state index contributed by atoms with van der Waals surface area (Å²) >= 11 is 0. The van der Waals surface area contributed by atoms with E-state index >= 15 is 0 Å². The summed E-state index contributed by atoms with van der Waals surface area (Å²) in [6.45, 7) is 10.1. The minimum Gasteiger partial charge on any atom is -0.392 e. The fourth-order valence-corrected chi connectivity index (χ4v) is 6.20. The minimum atomic E-state index is -1.01. The molecule has 6 unspecified atom stereocenters. The summed E-state index contributed by atoms with van der Waals surface area (Å²) in [5.41, 5.74) is 1.07. The standard InChI is InChI=1S/C21H30O3/c1-6-13(3)17-14(4)8-15-7-12(2)9-21(24)10-16(11-22)19(23)20(17,5)18(15)21/h6,8,10,12,15,17-18,22,24H,7,9,11H2,1-5H3. The van der Waals surface area contributed by atoms with Crippen LogP contribution < -0.4 is 0 Å². The van der Waals surface area contributed by atoms with Crippen molar-refractivity contribution in [2.24, 2.45) is 29.1 Å². The molecule has 0 aromatic carbocycles. The molecule has 0 amide bonds. The third-order valence-corrected chi connectivity index (χ3v) is 6.78. The monoisotopic (exact) mass is 330 g/mol. The molecule has 2 N–H and O–H groups in total. The van der Waals surface area contributed by atoms with Crippen molar-refractivity contribution in [2.45, 2.75) is 53.1 Å². The van der Waals surface area contributed by atoms with E-state index in [0.29, 0.717) is 17.9 Å². The van der Waals surface area contributed by atoms with Gasteiger partial charge in [-0.05, 0) is 51.5 Å². The molecule has 3 heteroatoms. The number of hydrogen-bond acceptors (Lipinski definition) is 3. The van der Waals surface area contributed by atoms with Crippen molar-refractivity contribution >= 4 is 5.78 Å². The van der Waals surface area contributed by atoms with E-state index in [2.05, 4.69) is 32.9 Å². The van der Waals surface area contributed by atoms with E-state index in [0.717, 1.165) is 6.42 Å². The highest BCUT2D eigenvalue weighted by molar-refractivity contribution is 6.02. The maximum Gasteiger partial charge on any atom is 0.168 e. The lowest BCUT2D eigenvalue weighted by molar-refractivity contribution is -0.155. The topological polar surface area (TPSA) is 57.5 Å². The van der Waals surface area contributed by atoms with Crippen LogP contribution in [0.15, 0.2) is 34.9 Å². The molecule has 3 aliphatic rings. The summed E-state index contributed by atoms with van der Waals surface area (Å²) in [6, 6.07) is 0. The predicted octanol–water partition coefficient (Wildman–Crippen LogP) is 3.43. The number of Topliss-reactive ketones (excluding diaryl/α,β-unsaturated/α-hetero) is 1. The van der Waals surface area contributed by atoms with E-state index in [4.69, 9.17) is 0 Å². The molecule has 0 spiro atoms. The average Bonchev–Trinajstić information content (AvgIpc) is 2.49. The van der Waals surface area contributed by atoms with Crippen LogP contribution in [-0.2, 0) is 4.79 Å². The van der Waals surface area contributed by atoms with Crippen molar-refractivity contribution in [1.82, 2.24) is 0 Å². The molecule has 3 nitrogen and oxygen atoms in total. The van der Waals surface area contributed by atoms with Gasteiger partial charge in [0.05, 0.1) is 12.2 Å². The van der Waals surface area contributed by atoms with E-state index in [-0.39, 0.29) is 30.1 Å². The van der Waals surface area contributed by atoms with E-state index in [1.165, 1.54) is 11.1 Å². The van der Waals surface area contributed by atoms with E-state index < -0.39 is 11.0 Å². The Morgan fingerprint density at radius 1 is 1.46 bits per heavy atom. The van der Waals surface area contributed by atoms with E-state index in [9.17, 15) is 15.0 Å². The molecule has 3 aliphatic carbocycles. The number of carbonyl (C=O) groups is 1. The van der Waals surface area contributed by atoms with Crippen LogP contribution in [0, 0.1) is 29.1 Å². The first-order valence-electron chi connectivity index (χ1n) is 9.10. The van der Waals surface area contributed by atoms with Crippen molar-refractivity contribution in [2.75, 3.05) is 6.61 Å². The first-order chi connectivity index (χ1) is 11.2. The van der Waals surface area contributed by atoms with Crippen LogP contribution in [0.3, 0.4) is 0 Å². The van der Waals surface area contributed by atoms with Gasteiger partial charge in [0, 0.05) is 22.8 Å². The van der Waals surface area contributed by atoms with Gasteiger partial charge >= 0.3 is 0 Å². The Labute approximate surface area is 145 Å². The highest BCUT2D eigenvalue weighted by atomic mass is 16.3. The van der Waals surface area contributed by atoms with Crippen LogP contribution in [-0.4, -0.2) is 28.2 Å². The molecule has 0 aromatic rings. The number of rotatable bonds is 2. The zero-order valence-electron chi connectivity index (χ0n) is 15.5. The molecular formula is C21H30O3. The van der Waals surface area contributed by atoms with Crippen molar-refractivity contribution in [3.8, 4) is 0 Å². The molecule has 6 atom stereocenters. The zero-order valence-corrected chi connectivity index (χ0v) is 15.5.